The first-order chi connectivity index (χ1) is 29.8. The molecule has 0 aliphatic carbocycles. The smallest absolute Gasteiger partial charge is 0.127 e. The Morgan fingerprint density at radius 3 is 0.613 bits per heavy atom. The molecule has 0 aliphatic heterocycles. The van der Waals surface area contributed by atoms with Gasteiger partial charge in [0.1, 0.15) is 46.0 Å². The second-order valence-electron chi connectivity index (χ2n) is 16.5. The summed E-state index contributed by atoms with van der Waals surface area (Å²) < 4.78 is 23.8. The summed E-state index contributed by atoms with van der Waals surface area (Å²) in [5.41, 5.74) is 19.9. The van der Waals surface area contributed by atoms with Crippen molar-refractivity contribution in [2.75, 3.05) is 11.5 Å². The molecule has 0 spiro atoms. The quantitative estimate of drug-likeness (QED) is 0.119. The van der Waals surface area contributed by atoms with Crippen LogP contribution in [0.4, 0.5) is 11.4 Å². The lowest BCUT2D eigenvalue weighted by molar-refractivity contribution is 0.480. The largest absolute Gasteiger partial charge is 0.457 e. The zero-order valence-corrected chi connectivity index (χ0v) is 36.3. The van der Waals surface area contributed by atoms with Crippen molar-refractivity contribution in [1.82, 2.24) is 0 Å². The van der Waals surface area contributed by atoms with Crippen molar-refractivity contribution < 1.29 is 18.9 Å². The topological polar surface area (TPSA) is 89.0 Å². The third kappa shape index (κ3) is 11.0. The summed E-state index contributed by atoms with van der Waals surface area (Å²) in [6.07, 6.45) is 0. The van der Waals surface area contributed by atoms with Crippen LogP contribution in [0.1, 0.15) is 61.1 Å². The van der Waals surface area contributed by atoms with Crippen LogP contribution in [0.5, 0.6) is 46.0 Å². The van der Waals surface area contributed by atoms with Crippen LogP contribution >= 0.6 is 0 Å². The van der Waals surface area contributed by atoms with Gasteiger partial charge in [-0.15, -0.1) is 0 Å². The molecule has 0 aromatic heterocycles. The van der Waals surface area contributed by atoms with Crippen molar-refractivity contribution in [1.29, 1.82) is 0 Å². The fourth-order valence-electron chi connectivity index (χ4n) is 6.92. The molecule has 312 valence electrons. The Bertz CT molecular complexity index is 2260. The summed E-state index contributed by atoms with van der Waals surface area (Å²) in [7, 11) is 0. The lowest BCUT2D eigenvalue weighted by Crippen LogP contribution is -2.18. The average molecular weight is 819 g/mol. The van der Waals surface area contributed by atoms with E-state index in [1.54, 1.807) is 0 Å². The molecule has 0 saturated heterocycles. The van der Waals surface area contributed by atoms with Gasteiger partial charge in [-0.1, -0.05) is 112 Å². The van der Waals surface area contributed by atoms with Gasteiger partial charge >= 0.3 is 0 Å². The van der Waals surface area contributed by atoms with Gasteiger partial charge in [0, 0.05) is 22.2 Å². The van der Waals surface area contributed by atoms with Crippen molar-refractivity contribution in [3.63, 3.8) is 0 Å². The maximum absolute atomic E-state index is 5.97. The lowest BCUT2D eigenvalue weighted by atomic mass is 9.78. The van der Waals surface area contributed by atoms with E-state index in [4.69, 9.17) is 30.4 Å². The van der Waals surface area contributed by atoms with Crippen LogP contribution in [0.3, 0.4) is 0 Å². The molecule has 0 unspecified atom stereocenters. The number of benzene rings is 8. The minimum Gasteiger partial charge on any atom is -0.457 e. The normalized spacial score (nSPS) is 11.2. The van der Waals surface area contributed by atoms with Gasteiger partial charge in [0.2, 0.25) is 0 Å². The summed E-state index contributed by atoms with van der Waals surface area (Å²) >= 11 is 0. The van der Waals surface area contributed by atoms with E-state index in [-0.39, 0.29) is 10.8 Å². The molecule has 8 aromatic carbocycles. The molecule has 0 radical (unpaired) electrons. The molecule has 6 nitrogen and oxygen atoms in total. The van der Waals surface area contributed by atoms with Gasteiger partial charge < -0.3 is 30.4 Å². The number of hydrogen-bond donors (Lipinski definition) is 2. The monoisotopic (exact) mass is 818 g/mol. The molecule has 62 heavy (non-hydrogen) atoms. The van der Waals surface area contributed by atoms with E-state index in [1.165, 1.54) is 33.4 Å². The Balaban J connectivity index is 0.000000186. The summed E-state index contributed by atoms with van der Waals surface area (Å²) in [5.74, 6) is 6.47. The average Bonchev–Trinajstić information content (AvgIpc) is 3.28. The van der Waals surface area contributed by atoms with Gasteiger partial charge in [0.05, 0.1) is 0 Å². The maximum atomic E-state index is 5.97. The Morgan fingerprint density at radius 1 is 0.258 bits per heavy atom. The van der Waals surface area contributed by atoms with Crippen LogP contribution < -0.4 is 30.4 Å². The van der Waals surface area contributed by atoms with Gasteiger partial charge in [-0.05, 0) is 157 Å². The van der Waals surface area contributed by atoms with Crippen LogP contribution in [0.15, 0.2) is 194 Å². The Hall–Kier alpha value is -7.44. The molecule has 0 fully saturated rings. The molecule has 0 atom stereocenters. The number of aryl methyl sites for hydroxylation is 2. The molecule has 6 heteroatoms. The van der Waals surface area contributed by atoms with Crippen LogP contribution in [-0.2, 0) is 10.8 Å². The molecule has 8 rings (SSSR count). The second kappa shape index (κ2) is 18.9. The third-order valence-electron chi connectivity index (χ3n) is 11.0. The minimum atomic E-state index is -0.167. The van der Waals surface area contributed by atoms with Gasteiger partial charge in [0.15, 0.2) is 0 Å². The van der Waals surface area contributed by atoms with Crippen molar-refractivity contribution >= 4 is 11.4 Å². The predicted molar refractivity (Wildman–Crippen MR) is 254 cm³/mol. The molecule has 0 bridgehead atoms. The summed E-state index contributed by atoms with van der Waals surface area (Å²) in [6, 6.07) is 64.0. The minimum absolute atomic E-state index is 0.134. The number of rotatable bonds is 12. The van der Waals surface area contributed by atoms with E-state index in [0.29, 0.717) is 11.4 Å². The molecule has 4 N–H and O–H groups in total. The zero-order chi connectivity index (χ0) is 43.7. The highest BCUT2D eigenvalue weighted by molar-refractivity contribution is 5.48. The van der Waals surface area contributed by atoms with Crippen LogP contribution in [0.25, 0.3) is 0 Å². The first-order valence-electron chi connectivity index (χ1n) is 20.8. The Kier molecular flexibility index (Phi) is 13.0. The number of hydrogen-bond acceptors (Lipinski definition) is 6. The molecular weight excluding hydrogens is 765 g/mol. The molecule has 0 saturated carbocycles. The second-order valence-corrected chi connectivity index (χ2v) is 16.5. The standard InChI is InChI=1S/C29H28O2.C27H26N2O2/c1-21-5-13-25(14-6-21)30-27-17-9-23(10-18-27)29(3,4)24-11-19-28(20-12-24)31-26-15-7-22(2)8-16-26;1-27(2,19-3-11-23(12-4-19)30-25-15-7-21(28)8-16-25)20-5-13-24(14-6-20)31-26-17-9-22(29)10-18-26/h5-20H,1-4H3;3-18H,28-29H2,1-2H3. The summed E-state index contributed by atoms with van der Waals surface area (Å²) in [6.45, 7) is 13.0. The van der Waals surface area contributed by atoms with Crippen molar-refractivity contribution in [2.45, 2.75) is 52.4 Å². The van der Waals surface area contributed by atoms with Crippen LogP contribution in [0.2, 0.25) is 0 Å². The van der Waals surface area contributed by atoms with E-state index >= 15 is 0 Å². The predicted octanol–water partition coefficient (Wildman–Crippen LogP) is 15.0. The van der Waals surface area contributed by atoms with Gasteiger partial charge in [-0.2, -0.15) is 0 Å². The number of anilines is 2. The maximum Gasteiger partial charge on any atom is 0.127 e. The van der Waals surface area contributed by atoms with E-state index in [0.717, 1.165) is 46.0 Å². The number of nitrogen functional groups attached to an aromatic ring is 2. The molecule has 0 aliphatic rings. The highest BCUT2D eigenvalue weighted by Gasteiger charge is 2.24. The molecule has 0 heterocycles. The molecular formula is C56H54N2O4. The van der Waals surface area contributed by atoms with E-state index in [9.17, 15) is 0 Å². The molecule has 8 aromatic rings. The highest BCUT2D eigenvalue weighted by Crippen LogP contribution is 2.37. The van der Waals surface area contributed by atoms with E-state index in [1.807, 2.05) is 121 Å². The fraction of sp³-hybridized carbons (Fsp3) is 0.143. The van der Waals surface area contributed by atoms with Crippen molar-refractivity contribution in [3.8, 4) is 46.0 Å². The third-order valence-corrected chi connectivity index (χ3v) is 11.0. The summed E-state index contributed by atoms with van der Waals surface area (Å²) in [5, 5.41) is 0. The van der Waals surface area contributed by atoms with Crippen LogP contribution in [0, 0.1) is 13.8 Å². The van der Waals surface area contributed by atoms with Gasteiger partial charge in [-0.3, -0.25) is 0 Å². The molecule has 0 amide bonds. The highest BCUT2D eigenvalue weighted by atomic mass is 16.5. The Morgan fingerprint density at radius 2 is 0.419 bits per heavy atom. The summed E-state index contributed by atoms with van der Waals surface area (Å²) in [4.78, 5) is 0. The van der Waals surface area contributed by atoms with Gasteiger partial charge in [0.25, 0.3) is 0 Å². The lowest BCUT2D eigenvalue weighted by Gasteiger charge is -2.26. The first-order valence-corrected chi connectivity index (χ1v) is 20.8. The first kappa shape index (κ1) is 42.7. The van der Waals surface area contributed by atoms with E-state index in [2.05, 4.69) is 114 Å². The van der Waals surface area contributed by atoms with Gasteiger partial charge in [-0.25, -0.2) is 0 Å². The zero-order valence-electron chi connectivity index (χ0n) is 36.3. The van der Waals surface area contributed by atoms with Crippen molar-refractivity contribution in [3.05, 3.63) is 228 Å². The van der Waals surface area contributed by atoms with E-state index < -0.39 is 0 Å². The fourth-order valence-corrected chi connectivity index (χ4v) is 6.92. The van der Waals surface area contributed by atoms with Crippen LogP contribution in [-0.4, -0.2) is 0 Å². The Labute approximate surface area is 366 Å². The number of nitrogens with two attached hydrogens (primary N) is 2. The van der Waals surface area contributed by atoms with Crippen molar-refractivity contribution in [2.24, 2.45) is 0 Å². The number of ether oxygens (including phenoxy) is 4. The SMILES string of the molecule is CC(C)(c1ccc(Oc2ccc(N)cc2)cc1)c1ccc(Oc2ccc(N)cc2)cc1.Cc1ccc(Oc2ccc(C(C)(C)c3ccc(Oc4ccc(C)cc4)cc3)cc2)cc1.